The van der Waals surface area contributed by atoms with Gasteiger partial charge < -0.3 is 20.2 Å². The molecule has 1 aromatic carbocycles. The van der Waals surface area contributed by atoms with Gasteiger partial charge in [0.2, 0.25) is 0 Å². The van der Waals surface area contributed by atoms with Crippen LogP contribution >= 0.6 is 0 Å². The number of carboxylic acid groups (broad SMARTS) is 1. The fourth-order valence-corrected chi connectivity index (χ4v) is 3.28. The summed E-state index contributed by atoms with van der Waals surface area (Å²) in [5, 5.41) is 14.6. The number of likely N-dealkylation sites (N-methyl/N-ethyl adjacent to an activating group) is 1. The maximum Gasteiger partial charge on any atom is 0.317 e. The van der Waals surface area contributed by atoms with E-state index in [9.17, 15) is 14.4 Å². The monoisotopic (exact) mass is 385 g/mol. The van der Waals surface area contributed by atoms with E-state index in [1.54, 1.807) is 36.4 Å². The van der Waals surface area contributed by atoms with Gasteiger partial charge in [-0.2, -0.15) is 0 Å². The molecule has 3 N–H and O–H groups in total. The SMILES string of the molecule is CCN(CC(=O)O)C1CC(NC(=O)c2cccc(NC(=O)c3ccco3)c2)C1. The van der Waals surface area contributed by atoms with E-state index in [0.717, 1.165) is 12.8 Å². The average Bonchev–Trinajstić information content (AvgIpc) is 3.17. The third-order valence-corrected chi connectivity index (χ3v) is 4.84. The third kappa shape index (κ3) is 4.77. The van der Waals surface area contributed by atoms with Crippen LogP contribution in [0.15, 0.2) is 47.1 Å². The Morgan fingerprint density at radius 2 is 1.96 bits per heavy atom. The van der Waals surface area contributed by atoms with Crippen molar-refractivity contribution in [3.05, 3.63) is 54.0 Å². The maximum atomic E-state index is 12.5. The Bertz CT molecular complexity index is 843. The second kappa shape index (κ2) is 8.71. The van der Waals surface area contributed by atoms with Gasteiger partial charge in [0.15, 0.2) is 5.76 Å². The second-order valence-corrected chi connectivity index (χ2v) is 6.76. The number of anilines is 1. The zero-order chi connectivity index (χ0) is 20.1. The zero-order valence-electron chi connectivity index (χ0n) is 15.6. The Hall–Kier alpha value is -3.13. The number of carbonyl (C=O) groups excluding carboxylic acids is 2. The van der Waals surface area contributed by atoms with E-state index < -0.39 is 5.97 Å². The van der Waals surface area contributed by atoms with Crippen LogP contribution in [0.4, 0.5) is 5.69 Å². The summed E-state index contributed by atoms with van der Waals surface area (Å²) in [5.74, 6) is -1.26. The quantitative estimate of drug-likeness (QED) is 0.642. The molecule has 0 spiro atoms. The molecule has 148 valence electrons. The molecule has 0 aliphatic heterocycles. The molecular weight excluding hydrogens is 362 g/mol. The predicted molar refractivity (Wildman–Crippen MR) is 102 cm³/mol. The van der Waals surface area contributed by atoms with Crippen LogP contribution in [-0.4, -0.2) is 53.0 Å². The Morgan fingerprint density at radius 1 is 1.18 bits per heavy atom. The highest BCUT2D eigenvalue weighted by Gasteiger charge is 2.34. The first-order valence-electron chi connectivity index (χ1n) is 9.18. The molecule has 1 aliphatic rings. The number of benzene rings is 1. The lowest BCUT2D eigenvalue weighted by Gasteiger charge is -2.42. The molecule has 0 radical (unpaired) electrons. The summed E-state index contributed by atoms with van der Waals surface area (Å²) >= 11 is 0. The minimum atomic E-state index is -0.845. The van der Waals surface area contributed by atoms with Crippen molar-refractivity contribution in [3.8, 4) is 0 Å². The van der Waals surface area contributed by atoms with E-state index in [4.69, 9.17) is 9.52 Å². The summed E-state index contributed by atoms with van der Waals surface area (Å²) in [6.07, 6.45) is 2.87. The topological polar surface area (TPSA) is 112 Å². The molecule has 1 aromatic heterocycles. The predicted octanol–water partition coefficient (Wildman–Crippen LogP) is 2.20. The minimum absolute atomic E-state index is 0.0131. The molecule has 1 heterocycles. The number of nitrogens with one attached hydrogen (secondary N) is 2. The van der Waals surface area contributed by atoms with Crippen LogP contribution in [0.3, 0.4) is 0 Å². The normalized spacial score (nSPS) is 18.4. The molecule has 0 bridgehead atoms. The van der Waals surface area contributed by atoms with Crippen molar-refractivity contribution in [3.63, 3.8) is 0 Å². The number of carbonyl (C=O) groups is 3. The lowest BCUT2D eigenvalue weighted by molar-refractivity contribution is -0.139. The third-order valence-electron chi connectivity index (χ3n) is 4.84. The first-order chi connectivity index (χ1) is 13.5. The molecule has 2 aromatic rings. The number of hydrogen-bond acceptors (Lipinski definition) is 5. The number of furan rings is 1. The lowest BCUT2D eigenvalue weighted by Crippen LogP contribution is -2.54. The Kier molecular flexibility index (Phi) is 6.10. The van der Waals surface area contributed by atoms with Gasteiger partial charge in [-0.1, -0.05) is 13.0 Å². The number of carboxylic acids is 1. The van der Waals surface area contributed by atoms with E-state index >= 15 is 0 Å². The van der Waals surface area contributed by atoms with Gasteiger partial charge in [-0.3, -0.25) is 19.3 Å². The molecule has 8 nitrogen and oxygen atoms in total. The van der Waals surface area contributed by atoms with Crippen LogP contribution in [0, 0.1) is 0 Å². The van der Waals surface area contributed by atoms with Gasteiger partial charge in [0, 0.05) is 23.3 Å². The highest BCUT2D eigenvalue weighted by Crippen LogP contribution is 2.26. The molecule has 0 unspecified atom stereocenters. The van der Waals surface area contributed by atoms with Gasteiger partial charge in [0.1, 0.15) is 0 Å². The molecule has 28 heavy (non-hydrogen) atoms. The van der Waals surface area contributed by atoms with Crippen LogP contribution in [0.2, 0.25) is 0 Å². The zero-order valence-corrected chi connectivity index (χ0v) is 15.6. The number of aliphatic carboxylic acids is 1. The van der Waals surface area contributed by atoms with E-state index in [0.29, 0.717) is 17.8 Å². The summed E-state index contributed by atoms with van der Waals surface area (Å²) < 4.78 is 5.05. The first kappa shape index (κ1) is 19.6. The van der Waals surface area contributed by atoms with Crippen molar-refractivity contribution < 1.29 is 23.9 Å². The summed E-state index contributed by atoms with van der Waals surface area (Å²) in [5.41, 5.74) is 0.942. The standard InChI is InChI=1S/C20H23N3O5/c1-2-23(12-18(24)25)16-10-15(11-16)22-19(26)13-5-3-6-14(9-13)21-20(27)17-7-4-8-28-17/h3-9,15-16H,2,10-12H2,1H3,(H,21,27)(H,22,26)(H,24,25). The highest BCUT2D eigenvalue weighted by molar-refractivity contribution is 6.03. The molecule has 0 atom stereocenters. The van der Waals surface area contributed by atoms with Gasteiger partial charge in [-0.15, -0.1) is 0 Å². The Morgan fingerprint density at radius 3 is 2.61 bits per heavy atom. The first-order valence-corrected chi connectivity index (χ1v) is 9.18. The Labute approximate surface area is 162 Å². The van der Waals surface area contributed by atoms with Crippen LogP contribution in [0.25, 0.3) is 0 Å². The summed E-state index contributed by atoms with van der Waals surface area (Å²) in [6, 6.07) is 10.0. The van der Waals surface area contributed by atoms with E-state index in [1.807, 2.05) is 11.8 Å². The molecule has 8 heteroatoms. The van der Waals surface area contributed by atoms with E-state index in [1.165, 1.54) is 6.26 Å². The number of rotatable bonds is 8. The molecule has 0 saturated heterocycles. The maximum absolute atomic E-state index is 12.5. The number of hydrogen-bond donors (Lipinski definition) is 3. The number of nitrogens with zero attached hydrogens (tertiary/aromatic N) is 1. The van der Waals surface area contributed by atoms with Gasteiger partial charge in [-0.05, 0) is 49.7 Å². The molecule has 1 saturated carbocycles. The molecule has 1 fully saturated rings. The minimum Gasteiger partial charge on any atom is -0.480 e. The summed E-state index contributed by atoms with van der Waals surface area (Å²) in [7, 11) is 0. The van der Waals surface area contributed by atoms with Crippen molar-refractivity contribution >= 4 is 23.5 Å². The molecule has 3 rings (SSSR count). The van der Waals surface area contributed by atoms with Gasteiger partial charge in [0.05, 0.1) is 12.8 Å². The van der Waals surface area contributed by atoms with Crippen LogP contribution in [-0.2, 0) is 4.79 Å². The smallest absolute Gasteiger partial charge is 0.317 e. The summed E-state index contributed by atoms with van der Waals surface area (Å²) in [6.45, 7) is 2.60. The van der Waals surface area contributed by atoms with Gasteiger partial charge in [0.25, 0.3) is 11.8 Å². The second-order valence-electron chi connectivity index (χ2n) is 6.76. The lowest BCUT2D eigenvalue weighted by atomic mass is 9.85. The van der Waals surface area contributed by atoms with Crippen LogP contribution in [0.5, 0.6) is 0 Å². The van der Waals surface area contributed by atoms with Crippen molar-refractivity contribution in [2.75, 3.05) is 18.4 Å². The molecule has 2 amide bonds. The fourth-order valence-electron chi connectivity index (χ4n) is 3.28. The molecular formula is C20H23N3O5. The van der Waals surface area contributed by atoms with Crippen LogP contribution < -0.4 is 10.6 Å². The average molecular weight is 385 g/mol. The summed E-state index contributed by atoms with van der Waals surface area (Å²) in [4.78, 5) is 37.3. The van der Waals surface area contributed by atoms with Crippen LogP contribution in [0.1, 0.15) is 40.7 Å². The van der Waals surface area contributed by atoms with E-state index in [2.05, 4.69) is 10.6 Å². The Balaban J connectivity index is 1.53. The highest BCUT2D eigenvalue weighted by atomic mass is 16.4. The van der Waals surface area contributed by atoms with Crippen molar-refractivity contribution in [2.24, 2.45) is 0 Å². The largest absolute Gasteiger partial charge is 0.480 e. The van der Waals surface area contributed by atoms with Gasteiger partial charge >= 0.3 is 5.97 Å². The van der Waals surface area contributed by atoms with Crippen molar-refractivity contribution in [2.45, 2.75) is 31.8 Å². The molecule has 1 aliphatic carbocycles. The van der Waals surface area contributed by atoms with Crippen molar-refractivity contribution in [1.29, 1.82) is 0 Å². The van der Waals surface area contributed by atoms with Crippen molar-refractivity contribution in [1.82, 2.24) is 10.2 Å². The van der Waals surface area contributed by atoms with Gasteiger partial charge in [-0.25, -0.2) is 0 Å². The van der Waals surface area contributed by atoms with E-state index in [-0.39, 0.29) is 36.2 Å². The number of amides is 2. The fraction of sp³-hybridized carbons (Fsp3) is 0.350.